The molecule has 0 saturated carbocycles. The molecule has 0 unspecified atom stereocenters. The van der Waals surface area contributed by atoms with E-state index in [1.807, 2.05) is 6.07 Å². The summed E-state index contributed by atoms with van der Waals surface area (Å²) in [5, 5.41) is 0. The Hall–Kier alpha value is -1.09. The quantitative estimate of drug-likeness (QED) is 0.829. The Labute approximate surface area is 97.7 Å². The molecule has 1 aliphatic rings. The minimum Gasteiger partial charge on any atom is -0.383 e. The second kappa shape index (κ2) is 4.42. The maximum Gasteiger partial charge on any atom is 0.127 e. The molecule has 0 atom stereocenters. The molecular weight excluding hydrogens is 198 g/mol. The molecule has 1 saturated heterocycles. The first kappa shape index (κ1) is 11.4. The first-order chi connectivity index (χ1) is 7.57. The lowest BCUT2D eigenvalue weighted by Gasteiger charge is -2.36. The largest absolute Gasteiger partial charge is 0.383 e. The van der Waals surface area contributed by atoms with Crippen molar-refractivity contribution < 1.29 is 0 Å². The zero-order valence-electron chi connectivity index (χ0n) is 10.2. The Morgan fingerprint density at radius 1 is 1.38 bits per heavy atom. The molecule has 1 fully saturated rings. The third-order valence-electron chi connectivity index (χ3n) is 3.53. The zero-order valence-corrected chi connectivity index (χ0v) is 10.2. The van der Waals surface area contributed by atoms with Crippen molar-refractivity contribution in [2.24, 2.45) is 5.41 Å². The molecular formula is C13H21N3. The number of hydrogen-bond donors (Lipinski definition) is 1. The molecule has 3 heteroatoms. The van der Waals surface area contributed by atoms with E-state index in [0.29, 0.717) is 11.2 Å². The van der Waals surface area contributed by atoms with Gasteiger partial charge in [-0.05, 0) is 37.4 Å². The van der Waals surface area contributed by atoms with Gasteiger partial charge in [0.15, 0.2) is 0 Å². The number of piperidine rings is 1. The summed E-state index contributed by atoms with van der Waals surface area (Å²) >= 11 is 0. The van der Waals surface area contributed by atoms with Crippen molar-refractivity contribution in [2.45, 2.75) is 33.2 Å². The van der Waals surface area contributed by atoms with Crippen LogP contribution in [0.1, 0.15) is 32.3 Å². The Bertz CT molecular complexity index is 350. The number of pyridine rings is 1. The molecule has 2 N–H and O–H groups in total. The Morgan fingerprint density at radius 2 is 2.06 bits per heavy atom. The molecule has 0 aromatic carbocycles. The van der Waals surface area contributed by atoms with Gasteiger partial charge in [-0.3, -0.25) is 4.90 Å². The molecule has 0 spiro atoms. The fourth-order valence-electron chi connectivity index (χ4n) is 2.14. The van der Waals surface area contributed by atoms with E-state index < -0.39 is 0 Å². The predicted molar refractivity (Wildman–Crippen MR) is 66.9 cm³/mol. The summed E-state index contributed by atoms with van der Waals surface area (Å²) in [5.74, 6) is 0.673. The predicted octanol–water partition coefficient (Wildman–Crippen LogP) is 2.29. The van der Waals surface area contributed by atoms with Crippen molar-refractivity contribution in [3.8, 4) is 0 Å². The second-order valence-corrected chi connectivity index (χ2v) is 5.49. The van der Waals surface area contributed by atoms with Gasteiger partial charge in [0.1, 0.15) is 5.82 Å². The summed E-state index contributed by atoms with van der Waals surface area (Å²) in [7, 11) is 0. The molecule has 2 heterocycles. The van der Waals surface area contributed by atoms with Crippen molar-refractivity contribution in [1.82, 2.24) is 9.88 Å². The third-order valence-corrected chi connectivity index (χ3v) is 3.53. The van der Waals surface area contributed by atoms with E-state index in [-0.39, 0.29) is 0 Å². The smallest absolute Gasteiger partial charge is 0.127 e. The average Bonchev–Trinajstić information content (AvgIpc) is 2.24. The van der Waals surface area contributed by atoms with Crippen LogP contribution in [-0.4, -0.2) is 23.0 Å². The minimum atomic E-state index is 0.511. The molecule has 88 valence electrons. The fraction of sp³-hybridized carbons (Fsp3) is 0.615. The van der Waals surface area contributed by atoms with Crippen LogP contribution < -0.4 is 5.73 Å². The Kier molecular flexibility index (Phi) is 3.15. The highest BCUT2D eigenvalue weighted by atomic mass is 15.1. The highest BCUT2D eigenvalue weighted by Crippen LogP contribution is 2.30. The Morgan fingerprint density at radius 3 is 2.69 bits per heavy atom. The van der Waals surface area contributed by atoms with E-state index in [1.165, 1.54) is 25.9 Å². The van der Waals surface area contributed by atoms with Crippen molar-refractivity contribution in [1.29, 1.82) is 0 Å². The van der Waals surface area contributed by atoms with Crippen molar-refractivity contribution in [2.75, 3.05) is 18.8 Å². The molecule has 1 aliphatic heterocycles. The van der Waals surface area contributed by atoms with E-state index in [4.69, 9.17) is 5.73 Å². The van der Waals surface area contributed by atoms with Gasteiger partial charge in [-0.15, -0.1) is 0 Å². The highest BCUT2D eigenvalue weighted by molar-refractivity contribution is 5.38. The van der Waals surface area contributed by atoms with Crippen LogP contribution in [0.2, 0.25) is 0 Å². The Balaban J connectivity index is 1.95. The maximum absolute atomic E-state index is 5.85. The first-order valence-electron chi connectivity index (χ1n) is 5.99. The molecule has 3 nitrogen and oxygen atoms in total. The average molecular weight is 219 g/mol. The summed E-state index contributed by atoms with van der Waals surface area (Å²) in [6, 6.07) is 4.03. The minimum absolute atomic E-state index is 0.511. The van der Waals surface area contributed by atoms with Crippen molar-refractivity contribution in [3.05, 3.63) is 23.9 Å². The molecule has 1 aromatic rings. The van der Waals surface area contributed by atoms with Gasteiger partial charge in [-0.25, -0.2) is 4.98 Å². The second-order valence-electron chi connectivity index (χ2n) is 5.49. The molecule has 1 aromatic heterocycles. The number of aromatic nitrogens is 1. The summed E-state index contributed by atoms with van der Waals surface area (Å²) in [5.41, 5.74) is 7.52. The molecule has 0 amide bonds. The van der Waals surface area contributed by atoms with Crippen molar-refractivity contribution in [3.63, 3.8) is 0 Å². The van der Waals surface area contributed by atoms with Gasteiger partial charge in [0, 0.05) is 18.3 Å². The highest BCUT2D eigenvalue weighted by Gasteiger charge is 2.25. The monoisotopic (exact) mass is 219 g/mol. The summed E-state index contributed by atoms with van der Waals surface area (Å²) in [4.78, 5) is 6.60. The van der Waals surface area contributed by atoms with Crippen LogP contribution >= 0.6 is 0 Å². The van der Waals surface area contributed by atoms with E-state index in [1.54, 1.807) is 6.20 Å². The number of likely N-dealkylation sites (tertiary alicyclic amines) is 1. The summed E-state index contributed by atoms with van der Waals surface area (Å²) < 4.78 is 0. The molecule has 2 rings (SSSR count). The van der Waals surface area contributed by atoms with Crippen molar-refractivity contribution >= 4 is 5.82 Å². The normalized spacial score (nSPS) is 20.9. The molecule has 16 heavy (non-hydrogen) atoms. The van der Waals surface area contributed by atoms with Crippen LogP contribution in [0.3, 0.4) is 0 Å². The van der Waals surface area contributed by atoms with Gasteiger partial charge in [0.05, 0.1) is 0 Å². The molecule has 0 aliphatic carbocycles. The first-order valence-corrected chi connectivity index (χ1v) is 5.99. The number of nitrogens with zero attached hydrogens (tertiary/aromatic N) is 2. The van der Waals surface area contributed by atoms with Crippen LogP contribution in [0.15, 0.2) is 18.3 Å². The van der Waals surface area contributed by atoms with Gasteiger partial charge in [-0.1, -0.05) is 19.9 Å². The van der Waals surface area contributed by atoms with E-state index in [9.17, 15) is 0 Å². The van der Waals surface area contributed by atoms with Crippen LogP contribution in [-0.2, 0) is 6.54 Å². The lowest BCUT2D eigenvalue weighted by Crippen LogP contribution is -2.36. The third kappa shape index (κ3) is 2.73. The maximum atomic E-state index is 5.85. The zero-order chi connectivity index (χ0) is 11.6. The number of rotatable bonds is 2. The van der Waals surface area contributed by atoms with Gasteiger partial charge < -0.3 is 5.73 Å². The van der Waals surface area contributed by atoms with Crippen LogP contribution in [0.4, 0.5) is 5.82 Å². The summed E-state index contributed by atoms with van der Waals surface area (Å²) in [6.07, 6.45) is 4.29. The number of nitrogens with two attached hydrogens (primary N) is 1. The van der Waals surface area contributed by atoms with E-state index in [0.717, 1.165) is 12.1 Å². The van der Waals surface area contributed by atoms with Gasteiger partial charge in [-0.2, -0.15) is 0 Å². The van der Waals surface area contributed by atoms with Gasteiger partial charge >= 0.3 is 0 Å². The lowest BCUT2D eigenvalue weighted by atomic mass is 9.82. The van der Waals surface area contributed by atoms with Gasteiger partial charge in [0.25, 0.3) is 0 Å². The topological polar surface area (TPSA) is 42.2 Å². The van der Waals surface area contributed by atoms with Crippen LogP contribution in [0, 0.1) is 5.41 Å². The molecule has 0 bridgehead atoms. The number of nitrogen functional groups attached to an aromatic ring is 1. The van der Waals surface area contributed by atoms with Crippen LogP contribution in [0.25, 0.3) is 0 Å². The fourth-order valence-corrected chi connectivity index (χ4v) is 2.14. The van der Waals surface area contributed by atoms with Gasteiger partial charge in [0.2, 0.25) is 0 Å². The summed E-state index contributed by atoms with van der Waals surface area (Å²) in [6.45, 7) is 7.98. The number of anilines is 1. The van der Waals surface area contributed by atoms with Crippen LogP contribution in [0.5, 0.6) is 0 Å². The molecule has 0 radical (unpaired) electrons. The SMILES string of the molecule is CC1(C)CCN(Cc2cccnc2N)CC1. The lowest BCUT2D eigenvalue weighted by molar-refractivity contribution is 0.127. The van der Waals surface area contributed by atoms with E-state index >= 15 is 0 Å². The van der Waals surface area contributed by atoms with E-state index in [2.05, 4.69) is 29.8 Å². The number of hydrogen-bond acceptors (Lipinski definition) is 3. The standard InChI is InChI=1S/C13H21N3/c1-13(2)5-8-16(9-6-13)10-11-4-3-7-15-12(11)14/h3-4,7H,5-6,8-10H2,1-2H3,(H2,14,15).